The number of ether oxygens (including phenoxy) is 1. The van der Waals surface area contributed by atoms with Crippen LogP contribution in [0.25, 0.3) is 11.3 Å². The molecule has 6 heteroatoms. The molecule has 22 heavy (non-hydrogen) atoms. The predicted molar refractivity (Wildman–Crippen MR) is 85.9 cm³/mol. The lowest BCUT2D eigenvalue weighted by molar-refractivity contribution is 0.0689. The Hall–Kier alpha value is -2.01. The topological polar surface area (TPSA) is 64.3 Å². The lowest BCUT2D eigenvalue weighted by Crippen LogP contribution is -2.11. The van der Waals surface area contributed by atoms with Crippen molar-refractivity contribution in [2.45, 2.75) is 26.2 Å². The molecule has 0 amide bonds. The Balaban J connectivity index is 2.73. The van der Waals surface area contributed by atoms with Crippen molar-refractivity contribution in [1.29, 1.82) is 0 Å². The summed E-state index contributed by atoms with van der Waals surface area (Å²) in [5.74, 6) is -0.562. The number of carboxylic acid groups (broad SMARTS) is 1. The lowest BCUT2D eigenvalue weighted by atomic mass is 9.85. The average molecular weight is 323 g/mol. The number of methoxy groups -OCH3 is 1. The molecule has 0 saturated heterocycles. The van der Waals surface area contributed by atoms with Gasteiger partial charge in [0.2, 0.25) is 0 Å². The number of halogens is 1. The number of aryl methyl sites for hydroxylation is 1. The van der Waals surface area contributed by atoms with Gasteiger partial charge in [0.25, 0.3) is 0 Å². The number of carboxylic acids is 1. The van der Waals surface area contributed by atoms with Crippen LogP contribution in [0.15, 0.2) is 18.2 Å². The molecule has 0 bridgehead atoms. The van der Waals surface area contributed by atoms with Gasteiger partial charge in [0.1, 0.15) is 5.75 Å². The zero-order chi connectivity index (χ0) is 16.7. The molecule has 118 valence electrons. The van der Waals surface area contributed by atoms with Crippen LogP contribution in [0.4, 0.5) is 0 Å². The van der Waals surface area contributed by atoms with Crippen LogP contribution in [0.5, 0.6) is 5.75 Å². The van der Waals surface area contributed by atoms with Crippen molar-refractivity contribution in [2.24, 2.45) is 7.05 Å². The van der Waals surface area contributed by atoms with E-state index in [4.69, 9.17) is 21.4 Å². The van der Waals surface area contributed by atoms with Gasteiger partial charge in [-0.2, -0.15) is 5.10 Å². The summed E-state index contributed by atoms with van der Waals surface area (Å²) < 4.78 is 6.92. The Morgan fingerprint density at radius 1 is 1.32 bits per heavy atom. The summed E-state index contributed by atoms with van der Waals surface area (Å²) in [6.45, 7) is 6.25. The maximum absolute atomic E-state index is 11.1. The third kappa shape index (κ3) is 2.95. The molecule has 0 aliphatic carbocycles. The molecule has 1 heterocycles. The maximum atomic E-state index is 11.1. The van der Waals surface area contributed by atoms with Crippen molar-refractivity contribution < 1.29 is 14.6 Å². The largest absolute Gasteiger partial charge is 0.494 e. The molecule has 0 aliphatic rings. The summed E-state index contributed by atoms with van der Waals surface area (Å²) in [6.07, 6.45) is 0. The molecule has 2 aromatic rings. The molecule has 1 aromatic carbocycles. The Bertz CT molecular complexity index is 730. The van der Waals surface area contributed by atoms with Gasteiger partial charge < -0.3 is 9.84 Å². The number of aromatic nitrogens is 2. The van der Waals surface area contributed by atoms with E-state index in [0.29, 0.717) is 16.5 Å². The molecule has 0 spiro atoms. The first-order valence-corrected chi connectivity index (χ1v) is 7.18. The first-order chi connectivity index (χ1) is 10.1. The highest BCUT2D eigenvalue weighted by Gasteiger charge is 2.22. The van der Waals surface area contributed by atoms with Gasteiger partial charge in [-0.15, -0.1) is 0 Å². The van der Waals surface area contributed by atoms with Crippen LogP contribution in [0, 0.1) is 0 Å². The van der Waals surface area contributed by atoms with Crippen LogP contribution in [0.2, 0.25) is 5.02 Å². The minimum atomic E-state index is -1.07. The summed E-state index contributed by atoms with van der Waals surface area (Å²) in [7, 11) is 3.23. The Morgan fingerprint density at radius 2 is 1.95 bits per heavy atom. The predicted octanol–water partition coefficient (Wildman–Crippen LogP) is 3.74. The molecule has 1 aromatic heterocycles. The van der Waals surface area contributed by atoms with E-state index in [-0.39, 0.29) is 11.1 Å². The van der Waals surface area contributed by atoms with Gasteiger partial charge in [-0.25, -0.2) is 4.79 Å². The smallest absolute Gasteiger partial charge is 0.356 e. The number of hydrogen-bond acceptors (Lipinski definition) is 3. The number of rotatable bonds is 3. The zero-order valence-corrected chi connectivity index (χ0v) is 14.0. The van der Waals surface area contributed by atoms with Gasteiger partial charge in [0, 0.05) is 12.6 Å². The average Bonchev–Trinajstić information content (AvgIpc) is 2.79. The molecule has 1 N–H and O–H groups in total. The minimum Gasteiger partial charge on any atom is -0.494 e. The quantitative estimate of drug-likeness (QED) is 0.934. The number of aromatic carboxylic acids is 1. The van der Waals surface area contributed by atoms with Crippen molar-refractivity contribution in [2.75, 3.05) is 7.11 Å². The van der Waals surface area contributed by atoms with Crippen LogP contribution in [0.1, 0.15) is 36.8 Å². The fourth-order valence-corrected chi connectivity index (χ4v) is 2.54. The second-order valence-electron chi connectivity index (χ2n) is 6.13. The van der Waals surface area contributed by atoms with E-state index in [2.05, 4.69) is 25.9 Å². The molecule has 0 atom stereocenters. The first-order valence-electron chi connectivity index (χ1n) is 6.81. The molecule has 0 fully saturated rings. The van der Waals surface area contributed by atoms with Gasteiger partial charge in [-0.3, -0.25) is 4.68 Å². The molecule has 0 aliphatic heterocycles. The molecule has 2 rings (SSSR count). The van der Waals surface area contributed by atoms with E-state index >= 15 is 0 Å². The second kappa shape index (κ2) is 5.65. The van der Waals surface area contributed by atoms with Crippen molar-refractivity contribution in [3.8, 4) is 17.0 Å². The van der Waals surface area contributed by atoms with Crippen LogP contribution in [0.3, 0.4) is 0 Å². The van der Waals surface area contributed by atoms with Crippen molar-refractivity contribution >= 4 is 17.6 Å². The molecule has 0 unspecified atom stereocenters. The van der Waals surface area contributed by atoms with Gasteiger partial charge in [-0.05, 0) is 29.2 Å². The molecular formula is C16H19ClN2O3. The third-order valence-electron chi connectivity index (χ3n) is 3.49. The van der Waals surface area contributed by atoms with Gasteiger partial charge >= 0.3 is 5.97 Å². The molecule has 5 nitrogen and oxygen atoms in total. The fourth-order valence-electron chi connectivity index (χ4n) is 2.25. The minimum absolute atomic E-state index is 0.0168. The second-order valence-corrected chi connectivity index (χ2v) is 6.54. The Labute approximate surface area is 134 Å². The Morgan fingerprint density at radius 3 is 2.41 bits per heavy atom. The Kier molecular flexibility index (Phi) is 4.20. The van der Waals surface area contributed by atoms with E-state index < -0.39 is 5.97 Å². The van der Waals surface area contributed by atoms with Crippen molar-refractivity contribution in [3.05, 3.63) is 34.5 Å². The highest BCUT2D eigenvalue weighted by Crippen LogP contribution is 2.40. The number of hydrogen-bond donors (Lipinski definition) is 1. The standard InChI is InChI=1S/C16H19ClN2O3/c1-16(2,3)9-6-10(14(22-5)11(17)7-9)13-8-12(15(20)21)18-19(13)4/h6-8H,1-5H3,(H,20,21). The van der Waals surface area contributed by atoms with Crippen molar-refractivity contribution in [3.63, 3.8) is 0 Å². The summed E-state index contributed by atoms with van der Waals surface area (Å²) in [6, 6.07) is 5.36. The zero-order valence-electron chi connectivity index (χ0n) is 13.3. The molecular weight excluding hydrogens is 304 g/mol. The lowest BCUT2D eigenvalue weighted by Gasteiger charge is -2.22. The summed E-state index contributed by atoms with van der Waals surface area (Å²) >= 11 is 6.34. The fraction of sp³-hybridized carbons (Fsp3) is 0.375. The van der Waals surface area contributed by atoms with Crippen LogP contribution in [-0.4, -0.2) is 28.0 Å². The van der Waals surface area contributed by atoms with E-state index in [9.17, 15) is 4.79 Å². The van der Waals surface area contributed by atoms with Gasteiger partial charge in [0.15, 0.2) is 5.69 Å². The van der Waals surface area contributed by atoms with Crippen LogP contribution < -0.4 is 4.74 Å². The molecule has 0 radical (unpaired) electrons. The SMILES string of the molecule is COc1c(Cl)cc(C(C)(C)C)cc1-c1cc(C(=O)O)nn1C. The van der Waals surface area contributed by atoms with Gasteiger partial charge in [0.05, 0.1) is 17.8 Å². The van der Waals surface area contributed by atoms with E-state index in [1.54, 1.807) is 7.05 Å². The number of carbonyl (C=O) groups is 1. The monoisotopic (exact) mass is 322 g/mol. The van der Waals surface area contributed by atoms with Gasteiger partial charge in [-0.1, -0.05) is 32.4 Å². The van der Waals surface area contributed by atoms with E-state index in [0.717, 1.165) is 11.1 Å². The highest BCUT2D eigenvalue weighted by atomic mass is 35.5. The number of benzene rings is 1. The normalized spacial score (nSPS) is 11.5. The van der Waals surface area contributed by atoms with Crippen molar-refractivity contribution in [1.82, 2.24) is 9.78 Å². The highest BCUT2D eigenvalue weighted by molar-refractivity contribution is 6.32. The molecule has 0 saturated carbocycles. The number of nitrogens with zero attached hydrogens (tertiary/aromatic N) is 2. The summed E-state index contributed by atoms with van der Waals surface area (Å²) in [4.78, 5) is 11.1. The third-order valence-corrected chi connectivity index (χ3v) is 3.77. The van der Waals surface area contributed by atoms with Crippen LogP contribution in [-0.2, 0) is 12.5 Å². The van der Waals surface area contributed by atoms with Crippen LogP contribution >= 0.6 is 11.6 Å². The van der Waals surface area contributed by atoms with E-state index in [1.807, 2.05) is 12.1 Å². The maximum Gasteiger partial charge on any atom is 0.356 e. The first kappa shape index (κ1) is 16.4. The summed E-state index contributed by atoms with van der Waals surface area (Å²) in [5, 5.41) is 13.6. The van der Waals surface area contributed by atoms with E-state index in [1.165, 1.54) is 17.9 Å². The summed E-state index contributed by atoms with van der Waals surface area (Å²) in [5.41, 5.74) is 2.28.